The van der Waals surface area contributed by atoms with Gasteiger partial charge < -0.3 is 13.3 Å². The molecule has 0 fully saturated rings. The lowest BCUT2D eigenvalue weighted by Crippen LogP contribution is -2.49. The van der Waals surface area contributed by atoms with Gasteiger partial charge in [-0.3, -0.25) is 0 Å². The van der Waals surface area contributed by atoms with Crippen LogP contribution in [0.4, 0.5) is 0 Å². The van der Waals surface area contributed by atoms with Crippen LogP contribution in [0.1, 0.15) is 45.6 Å². The molecule has 0 spiro atoms. The van der Waals surface area contributed by atoms with Crippen molar-refractivity contribution in [3.8, 4) is 0 Å². The van der Waals surface area contributed by atoms with Gasteiger partial charge in [-0.25, -0.2) is 0 Å². The maximum Gasteiger partial charge on any atom is 0.505 e. The molecule has 0 aliphatic rings. The summed E-state index contributed by atoms with van der Waals surface area (Å²) >= 11 is 0. The topological polar surface area (TPSA) is 27.7 Å². The second kappa shape index (κ2) is 10.1. The smallest absolute Gasteiger partial charge is 0.373 e. The van der Waals surface area contributed by atoms with E-state index in [1.807, 2.05) is 18.2 Å². The average molecular weight is 296 g/mol. The molecule has 0 aliphatic carbocycles. The Bertz CT molecular complexity index is 321. The maximum atomic E-state index is 6.08. The molecule has 0 saturated carbocycles. The van der Waals surface area contributed by atoms with Crippen molar-refractivity contribution in [3.05, 3.63) is 35.9 Å². The van der Waals surface area contributed by atoms with Gasteiger partial charge in [0.1, 0.15) is 0 Å². The summed E-state index contributed by atoms with van der Waals surface area (Å²) in [5, 5.41) is 0. The number of hydrogen-bond donors (Lipinski definition) is 0. The van der Waals surface area contributed by atoms with Crippen LogP contribution in [0.5, 0.6) is 0 Å². The highest BCUT2D eigenvalue weighted by Gasteiger charge is 2.41. The molecule has 0 N–H and O–H groups in total. The summed E-state index contributed by atoms with van der Waals surface area (Å²) in [6.45, 7) is 8.44. The molecule has 0 amide bonds. The van der Waals surface area contributed by atoms with Crippen molar-refractivity contribution >= 4 is 8.80 Å². The summed E-state index contributed by atoms with van der Waals surface area (Å²) in [5.74, 6) is 0. The minimum absolute atomic E-state index is 0.701. The van der Waals surface area contributed by atoms with Gasteiger partial charge in [-0.05, 0) is 24.8 Å². The Labute approximate surface area is 124 Å². The highest BCUT2D eigenvalue weighted by Crippen LogP contribution is 2.18. The first-order valence-electron chi connectivity index (χ1n) is 7.72. The Kier molecular flexibility index (Phi) is 8.77. The minimum atomic E-state index is -2.60. The molecule has 1 aromatic carbocycles. The first-order chi connectivity index (χ1) is 9.76. The molecule has 1 rings (SSSR count). The molecular weight excluding hydrogens is 268 g/mol. The van der Waals surface area contributed by atoms with Gasteiger partial charge in [-0.15, -0.1) is 0 Å². The van der Waals surface area contributed by atoms with Crippen LogP contribution in [0.2, 0.25) is 0 Å². The molecule has 3 nitrogen and oxygen atoms in total. The van der Waals surface area contributed by atoms with Crippen molar-refractivity contribution in [1.29, 1.82) is 0 Å². The van der Waals surface area contributed by atoms with E-state index in [0.717, 1.165) is 25.3 Å². The molecule has 0 aromatic heterocycles. The van der Waals surface area contributed by atoms with Crippen LogP contribution in [0.3, 0.4) is 0 Å². The third-order valence-electron chi connectivity index (χ3n) is 2.84. The number of hydrogen-bond acceptors (Lipinski definition) is 3. The zero-order chi connectivity index (χ0) is 14.7. The molecule has 0 atom stereocenters. The van der Waals surface area contributed by atoms with E-state index in [1.54, 1.807) is 0 Å². The van der Waals surface area contributed by atoms with Crippen molar-refractivity contribution in [3.63, 3.8) is 0 Å². The van der Waals surface area contributed by atoms with E-state index in [4.69, 9.17) is 13.3 Å². The first-order valence-corrected chi connectivity index (χ1v) is 9.65. The van der Waals surface area contributed by atoms with Crippen LogP contribution >= 0.6 is 0 Å². The van der Waals surface area contributed by atoms with Gasteiger partial charge in [0.2, 0.25) is 0 Å². The Morgan fingerprint density at radius 1 is 0.750 bits per heavy atom. The lowest BCUT2D eigenvalue weighted by Gasteiger charge is -2.29. The summed E-state index contributed by atoms with van der Waals surface area (Å²) in [6, 6.07) is 11.1. The van der Waals surface area contributed by atoms with Crippen LogP contribution in [-0.2, 0) is 19.3 Å². The Hall–Kier alpha value is -0.683. The van der Waals surface area contributed by atoms with Gasteiger partial charge in [-0.2, -0.15) is 0 Å². The van der Waals surface area contributed by atoms with Gasteiger partial charge in [0.05, 0.1) is 0 Å². The Balaban J connectivity index is 2.81. The molecular formula is C16H28O3Si. The first kappa shape index (κ1) is 17.4. The van der Waals surface area contributed by atoms with Crippen LogP contribution in [0.15, 0.2) is 30.3 Å². The normalized spacial score (nSPS) is 11.8. The third kappa shape index (κ3) is 6.18. The Morgan fingerprint density at radius 3 is 1.60 bits per heavy atom. The van der Waals surface area contributed by atoms with Gasteiger partial charge in [0.15, 0.2) is 0 Å². The van der Waals surface area contributed by atoms with Gasteiger partial charge >= 0.3 is 8.80 Å². The summed E-state index contributed by atoms with van der Waals surface area (Å²) in [6.07, 6.45) is 2.94. The second-order valence-corrected chi connectivity index (χ2v) is 7.48. The van der Waals surface area contributed by atoms with E-state index < -0.39 is 8.80 Å². The molecule has 0 unspecified atom stereocenters. The van der Waals surface area contributed by atoms with E-state index in [1.165, 1.54) is 5.56 Å². The van der Waals surface area contributed by atoms with E-state index >= 15 is 0 Å². The highest BCUT2D eigenvalue weighted by atomic mass is 28.4. The highest BCUT2D eigenvalue weighted by molar-refractivity contribution is 6.60. The lowest BCUT2D eigenvalue weighted by atomic mass is 10.2. The third-order valence-corrected chi connectivity index (χ3v) is 5.61. The standard InChI is InChI=1S/C16H28O3Si/c1-4-12-17-20(18-13-5-2,19-14-6-3)15-16-10-8-7-9-11-16/h7-11H,4-6,12-15H2,1-3H3. The lowest BCUT2D eigenvalue weighted by molar-refractivity contribution is 0.0583. The molecule has 1 aromatic rings. The Morgan fingerprint density at radius 2 is 1.20 bits per heavy atom. The summed E-state index contributed by atoms with van der Waals surface area (Å²) < 4.78 is 18.2. The van der Waals surface area contributed by atoms with E-state index in [9.17, 15) is 0 Å². The van der Waals surface area contributed by atoms with Crippen LogP contribution < -0.4 is 0 Å². The maximum absolute atomic E-state index is 6.08. The van der Waals surface area contributed by atoms with Gasteiger partial charge in [-0.1, -0.05) is 51.1 Å². The average Bonchev–Trinajstić information content (AvgIpc) is 2.49. The molecule has 0 aliphatic heterocycles. The zero-order valence-electron chi connectivity index (χ0n) is 13.1. The van der Waals surface area contributed by atoms with Crippen LogP contribution in [0, 0.1) is 0 Å². The van der Waals surface area contributed by atoms with E-state index in [2.05, 4.69) is 32.9 Å². The fourth-order valence-corrected chi connectivity index (χ4v) is 4.73. The van der Waals surface area contributed by atoms with E-state index in [-0.39, 0.29) is 0 Å². The molecule has 0 radical (unpaired) electrons. The van der Waals surface area contributed by atoms with Crippen LogP contribution in [0.25, 0.3) is 0 Å². The molecule has 4 heteroatoms. The zero-order valence-corrected chi connectivity index (χ0v) is 14.1. The van der Waals surface area contributed by atoms with Crippen molar-refractivity contribution in [2.24, 2.45) is 0 Å². The van der Waals surface area contributed by atoms with Crippen molar-refractivity contribution in [1.82, 2.24) is 0 Å². The van der Waals surface area contributed by atoms with Gasteiger partial charge in [0.25, 0.3) is 0 Å². The fraction of sp³-hybridized carbons (Fsp3) is 0.625. The molecule has 20 heavy (non-hydrogen) atoms. The quantitative estimate of drug-likeness (QED) is 0.578. The minimum Gasteiger partial charge on any atom is -0.373 e. The summed E-state index contributed by atoms with van der Waals surface area (Å²) in [7, 11) is -2.60. The number of rotatable bonds is 11. The molecule has 0 saturated heterocycles. The predicted molar refractivity (Wildman–Crippen MR) is 84.6 cm³/mol. The fourth-order valence-electron chi connectivity index (χ4n) is 1.90. The van der Waals surface area contributed by atoms with Crippen molar-refractivity contribution in [2.45, 2.75) is 46.1 Å². The monoisotopic (exact) mass is 296 g/mol. The SMILES string of the molecule is CCCO[Si](Cc1ccccc1)(OCCC)OCCC. The largest absolute Gasteiger partial charge is 0.505 e. The summed E-state index contributed by atoms with van der Waals surface area (Å²) in [5.41, 5.74) is 1.22. The number of benzene rings is 1. The van der Waals surface area contributed by atoms with E-state index in [0.29, 0.717) is 19.8 Å². The molecule has 0 bridgehead atoms. The predicted octanol–water partition coefficient (Wildman–Crippen LogP) is 3.99. The van der Waals surface area contributed by atoms with Crippen molar-refractivity contribution < 1.29 is 13.3 Å². The molecule has 114 valence electrons. The van der Waals surface area contributed by atoms with Gasteiger partial charge in [0, 0.05) is 25.9 Å². The summed E-state index contributed by atoms with van der Waals surface area (Å²) in [4.78, 5) is 0. The second-order valence-electron chi connectivity index (χ2n) is 4.89. The van der Waals surface area contributed by atoms with Crippen LogP contribution in [-0.4, -0.2) is 28.6 Å². The molecule has 0 heterocycles. The van der Waals surface area contributed by atoms with Crippen molar-refractivity contribution in [2.75, 3.05) is 19.8 Å².